The number of H-pyrrole nitrogens is 1. The SMILES string of the molecule is Cc1cc(F)cc(C)c1Oc1cc(F)c(C(C)(C)O)cc1-c1cn(C)c(=O)c2cc(-c3nc(C4CC4)[nH]c3C)oc12. The van der Waals surface area contributed by atoms with Crippen LogP contribution in [-0.2, 0) is 12.6 Å². The summed E-state index contributed by atoms with van der Waals surface area (Å²) in [5.74, 6) is 1.17. The van der Waals surface area contributed by atoms with Crippen molar-refractivity contribution in [1.29, 1.82) is 0 Å². The van der Waals surface area contributed by atoms with Crippen molar-refractivity contribution in [3.05, 3.63) is 86.7 Å². The number of hydrogen-bond acceptors (Lipinski definition) is 5. The fourth-order valence-corrected chi connectivity index (χ4v) is 5.32. The van der Waals surface area contributed by atoms with Crippen molar-refractivity contribution in [3.63, 3.8) is 0 Å². The second-order valence-corrected chi connectivity index (χ2v) is 11.5. The van der Waals surface area contributed by atoms with Gasteiger partial charge in [0.2, 0.25) is 0 Å². The quantitative estimate of drug-likeness (QED) is 0.228. The molecule has 41 heavy (non-hydrogen) atoms. The van der Waals surface area contributed by atoms with Gasteiger partial charge in [-0.25, -0.2) is 13.8 Å². The summed E-state index contributed by atoms with van der Waals surface area (Å²) in [6.45, 7) is 8.30. The van der Waals surface area contributed by atoms with Crippen molar-refractivity contribution >= 4 is 11.0 Å². The minimum atomic E-state index is -1.52. The van der Waals surface area contributed by atoms with E-state index in [2.05, 4.69) is 4.98 Å². The molecule has 0 unspecified atom stereocenters. The highest BCUT2D eigenvalue weighted by Gasteiger charge is 2.30. The number of nitrogens with zero attached hydrogens (tertiary/aromatic N) is 2. The van der Waals surface area contributed by atoms with Gasteiger partial charge >= 0.3 is 0 Å². The van der Waals surface area contributed by atoms with Crippen molar-refractivity contribution in [1.82, 2.24) is 14.5 Å². The summed E-state index contributed by atoms with van der Waals surface area (Å²) >= 11 is 0. The molecule has 212 valence electrons. The number of ether oxygens (including phenoxy) is 1. The lowest BCUT2D eigenvalue weighted by Crippen LogP contribution is -2.18. The minimum absolute atomic E-state index is 0.0402. The van der Waals surface area contributed by atoms with Crippen LogP contribution in [0.4, 0.5) is 8.78 Å². The molecule has 0 aliphatic heterocycles. The molecule has 6 rings (SSSR count). The summed E-state index contributed by atoms with van der Waals surface area (Å²) in [7, 11) is 1.62. The van der Waals surface area contributed by atoms with E-state index < -0.39 is 17.2 Å². The Morgan fingerprint density at radius 2 is 1.76 bits per heavy atom. The molecule has 2 aromatic carbocycles. The molecule has 3 aromatic heterocycles. The van der Waals surface area contributed by atoms with E-state index in [1.54, 1.807) is 33.2 Å². The molecule has 3 heterocycles. The molecule has 1 aliphatic rings. The van der Waals surface area contributed by atoms with Crippen molar-refractivity contribution < 1.29 is 23.0 Å². The lowest BCUT2D eigenvalue weighted by molar-refractivity contribution is 0.0745. The highest BCUT2D eigenvalue weighted by Crippen LogP contribution is 2.44. The normalized spacial score (nSPS) is 13.8. The van der Waals surface area contributed by atoms with Gasteiger partial charge < -0.3 is 23.8 Å². The number of imidazole rings is 1. The third kappa shape index (κ3) is 4.74. The predicted octanol–water partition coefficient (Wildman–Crippen LogP) is 7.29. The minimum Gasteiger partial charge on any atom is -0.456 e. The van der Waals surface area contributed by atoms with E-state index >= 15 is 4.39 Å². The Morgan fingerprint density at radius 1 is 1.07 bits per heavy atom. The van der Waals surface area contributed by atoms with Crippen LogP contribution in [0.1, 0.15) is 60.8 Å². The van der Waals surface area contributed by atoms with Crippen LogP contribution in [0.2, 0.25) is 0 Å². The number of aromatic nitrogens is 3. The summed E-state index contributed by atoms with van der Waals surface area (Å²) in [6.07, 6.45) is 3.77. The number of furan rings is 1. The molecule has 5 aromatic rings. The molecule has 7 nitrogen and oxygen atoms in total. The molecule has 0 spiro atoms. The number of rotatable bonds is 6. The van der Waals surface area contributed by atoms with Gasteiger partial charge in [0.05, 0.1) is 11.0 Å². The van der Waals surface area contributed by atoms with E-state index in [0.29, 0.717) is 50.8 Å². The van der Waals surface area contributed by atoms with Crippen LogP contribution in [0, 0.1) is 32.4 Å². The standard InChI is InChI=1S/C32H31F2N3O4/c1-15-9-19(33)10-16(2)28(15)40-25-13-24(34)23(32(4,5)39)11-20(25)22-14-37(6)31(38)21-12-26(41-29(21)22)27-17(3)35-30(36-27)18-7-8-18/h9-14,18,39H,7-8H2,1-6H3,(H,35,36). The molecule has 1 saturated carbocycles. The van der Waals surface area contributed by atoms with E-state index in [0.717, 1.165) is 24.4 Å². The van der Waals surface area contributed by atoms with E-state index in [1.807, 2.05) is 6.92 Å². The summed E-state index contributed by atoms with van der Waals surface area (Å²) in [6, 6.07) is 7.07. The van der Waals surface area contributed by atoms with Crippen LogP contribution in [-0.4, -0.2) is 19.6 Å². The monoisotopic (exact) mass is 559 g/mol. The Morgan fingerprint density at radius 3 is 2.39 bits per heavy atom. The molecule has 1 fully saturated rings. The smallest absolute Gasteiger partial charge is 0.261 e. The van der Waals surface area contributed by atoms with Gasteiger partial charge in [0.15, 0.2) is 5.76 Å². The summed E-state index contributed by atoms with van der Waals surface area (Å²) in [4.78, 5) is 21.3. The van der Waals surface area contributed by atoms with Crippen molar-refractivity contribution in [2.75, 3.05) is 0 Å². The average Bonchev–Trinajstić information content (AvgIpc) is 3.52. The third-order valence-corrected chi connectivity index (χ3v) is 7.61. The topological polar surface area (TPSA) is 93.3 Å². The van der Waals surface area contributed by atoms with Gasteiger partial charge in [0.25, 0.3) is 5.56 Å². The summed E-state index contributed by atoms with van der Waals surface area (Å²) < 4.78 is 43.5. The molecule has 0 saturated heterocycles. The number of aromatic amines is 1. The largest absolute Gasteiger partial charge is 0.456 e. The van der Waals surface area contributed by atoms with Crippen LogP contribution < -0.4 is 10.3 Å². The van der Waals surface area contributed by atoms with Gasteiger partial charge in [-0.05, 0) is 82.9 Å². The molecule has 1 aliphatic carbocycles. The maximum Gasteiger partial charge on any atom is 0.261 e. The summed E-state index contributed by atoms with van der Waals surface area (Å²) in [5.41, 5.74) is 1.92. The number of halogens is 2. The Labute approximate surface area is 235 Å². The molecule has 0 bridgehead atoms. The Hall–Kier alpha value is -4.24. The molecule has 0 amide bonds. The Balaban J connectivity index is 1.60. The average molecular weight is 560 g/mol. The highest BCUT2D eigenvalue weighted by atomic mass is 19.1. The highest BCUT2D eigenvalue weighted by molar-refractivity contribution is 5.95. The van der Waals surface area contributed by atoms with Gasteiger partial charge in [-0.2, -0.15) is 0 Å². The van der Waals surface area contributed by atoms with Crippen molar-refractivity contribution in [3.8, 4) is 34.1 Å². The number of nitrogens with one attached hydrogen (secondary N) is 1. The number of pyridine rings is 1. The van der Waals surface area contributed by atoms with Crippen molar-refractivity contribution in [2.45, 2.75) is 59.0 Å². The third-order valence-electron chi connectivity index (χ3n) is 7.61. The lowest BCUT2D eigenvalue weighted by atomic mass is 9.93. The lowest BCUT2D eigenvalue weighted by Gasteiger charge is -2.22. The van der Waals surface area contributed by atoms with E-state index in [-0.39, 0.29) is 22.5 Å². The van der Waals surface area contributed by atoms with Gasteiger partial charge in [0, 0.05) is 47.6 Å². The number of aryl methyl sites for hydroxylation is 4. The second kappa shape index (κ2) is 9.41. The van der Waals surface area contributed by atoms with Crippen molar-refractivity contribution in [2.24, 2.45) is 7.05 Å². The molecule has 2 N–H and O–H groups in total. The molecule has 0 atom stereocenters. The summed E-state index contributed by atoms with van der Waals surface area (Å²) in [5, 5.41) is 11.1. The van der Waals surface area contributed by atoms with Crippen LogP contribution in [0.25, 0.3) is 33.6 Å². The zero-order chi connectivity index (χ0) is 29.4. The first kappa shape index (κ1) is 27.0. The van der Waals surface area contributed by atoms with E-state index in [1.165, 1.54) is 42.7 Å². The van der Waals surface area contributed by atoms with E-state index in [9.17, 15) is 14.3 Å². The first-order valence-electron chi connectivity index (χ1n) is 13.5. The van der Waals surface area contributed by atoms with E-state index in [4.69, 9.17) is 14.1 Å². The Kier molecular flexibility index (Phi) is 6.19. The fourth-order valence-electron chi connectivity index (χ4n) is 5.32. The maximum atomic E-state index is 15.4. The molecular weight excluding hydrogens is 528 g/mol. The zero-order valence-electron chi connectivity index (χ0n) is 23.8. The second-order valence-electron chi connectivity index (χ2n) is 11.5. The Bertz CT molecular complexity index is 1880. The fraction of sp³-hybridized carbons (Fsp3) is 0.312. The van der Waals surface area contributed by atoms with Gasteiger partial charge in [-0.3, -0.25) is 4.79 Å². The van der Waals surface area contributed by atoms with Crippen LogP contribution in [0.5, 0.6) is 11.5 Å². The molecule has 0 radical (unpaired) electrons. The van der Waals surface area contributed by atoms with Gasteiger partial charge in [0.1, 0.15) is 40.2 Å². The molecular formula is C32H31F2N3O4. The van der Waals surface area contributed by atoms with Crippen LogP contribution >= 0.6 is 0 Å². The predicted molar refractivity (Wildman–Crippen MR) is 152 cm³/mol. The van der Waals surface area contributed by atoms with Gasteiger partial charge in [-0.15, -0.1) is 0 Å². The molecule has 9 heteroatoms. The first-order valence-corrected chi connectivity index (χ1v) is 13.5. The van der Waals surface area contributed by atoms with Crippen LogP contribution in [0.15, 0.2) is 45.7 Å². The number of aliphatic hydroxyl groups is 1. The maximum absolute atomic E-state index is 15.4. The van der Waals surface area contributed by atoms with Gasteiger partial charge in [-0.1, -0.05) is 0 Å². The zero-order valence-corrected chi connectivity index (χ0v) is 23.8. The number of hydrogen-bond donors (Lipinski definition) is 2. The number of fused-ring (bicyclic) bond motifs is 1. The first-order chi connectivity index (χ1) is 19.3. The van der Waals surface area contributed by atoms with Crippen LogP contribution in [0.3, 0.4) is 0 Å². The number of benzene rings is 2.